The van der Waals surface area contributed by atoms with E-state index in [0.717, 1.165) is 0 Å². The van der Waals surface area contributed by atoms with Gasteiger partial charge < -0.3 is 0 Å². The van der Waals surface area contributed by atoms with Crippen molar-refractivity contribution < 1.29 is 90.0 Å². The van der Waals surface area contributed by atoms with Gasteiger partial charge >= 0.3 is 47.9 Å². The zero-order chi connectivity index (χ0) is 26.3. The van der Waals surface area contributed by atoms with Gasteiger partial charge in [0.05, 0.1) is 0 Å². The van der Waals surface area contributed by atoms with Crippen molar-refractivity contribution >= 4 is 34.0 Å². The average molecular weight is 646 g/mol. The van der Waals surface area contributed by atoms with Crippen LogP contribution >= 0.6 is 23.0 Å². The molecule has 0 saturated heterocycles. The molecule has 0 atom stereocenters. The molecule has 0 aromatic rings. The van der Waals surface area contributed by atoms with Gasteiger partial charge in [0.25, 0.3) is 11.0 Å². The highest BCUT2D eigenvalue weighted by molar-refractivity contribution is 14.1. The van der Waals surface area contributed by atoms with Gasteiger partial charge in [0.1, 0.15) is 23.0 Å². The van der Waals surface area contributed by atoms with Crippen molar-refractivity contribution in [3.8, 4) is 0 Å². The fraction of sp³-hybridized carbons (Fsp3) is 1.00. The van der Waals surface area contributed by atoms with Crippen LogP contribution in [0.5, 0.6) is 0 Å². The van der Waals surface area contributed by atoms with E-state index in [1.165, 1.54) is 23.0 Å². The topological polar surface area (TPSA) is 43.4 Å². The van der Waals surface area contributed by atoms with Crippen LogP contribution in [0.15, 0.2) is 0 Å². The first-order valence-electron chi connectivity index (χ1n) is 5.85. The van der Waals surface area contributed by atoms with Gasteiger partial charge in [-0.2, -0.15) is 79.0 Å². The van der Waals surface area contributed by atoms with E-state index in [2.05, 4.69) is 2.51 Å². The Morgan fingerprint density at radius 1 is 0.419 bits per heavy atom. The van der Waals surface area contributed by atoms with E-state index in [-0.39, 0.29) is 0 Å². The summed E-state index contributed by atoms with van der Waals surface area (Å²) < 4.78 is 243. The third-order valence-corrected chi connectivity index (χ3v) is 3.82. The van der Waals surface area contributed by atoms with Crippen molar-refractivity contribution in [3.05, 3.63) is 0 Å². The summed E-state index contributed by atoms with van der Waals surface area (Å²) in [5, 5.41) is 0. The summed E-state index contributed by atoms with van der Waals surface area (Å²) in [6, 6.07) is 0. The quantitative estimate of drug-likeness (QED) is 0.226. The van der Waals surface area contributed by atoms with Crippen molar-refractivity contribution in [1.29, 1.82) is 0 Å². The molecule has 0 aliphatic heterocycles. The first kappa shape index (κ1) is 32.6. The van der Waals surface area contributed by atoms with Gasteiger partial charge in [0.2, 0.25) is 0 Å². The maximum Gasteiger partial charge on any atom is 0.460 e. The minimum absolute atomic E-state index is 1.28. The Morgan fingerprint density at radius 2 is 0.548 bits per heavy atom. The molecule has 0 aromatic carbocycles. The summed E-state index contributed by atoms with van der Waals surface area (Å²) in [6.45, 7) is 0. The highest BCUT2D eigenvalue weighted by Crippen LogP contribution is 2.63. The molecule has 0 unspecified atom stereocenters. The van der Waals surface area contributed by atoms with Gasteiger partial charge in [-0.25, -0.2) is 10.9 Å². The third-order valence-electron chi connectivity index (χ3n) is 2.74. The molecule has 0 amide bonds. The molecule has 0 bridgehead atoms. The molecule has 0 aliphatic carbocycles. The molecule has 23 heteroatoms. The van der Waals surface area contributed by atoms with E-state index in [4.69, 9.17) is 0 Å². The molecule has 0 aromatic heterocycles. The Labute approximate surface area is 172 Å². The molecule has 0 saturated carbocycles. The lowest BCUT2D eigenvalue weighted by Crippen LogP contribution is -2.74. The van der Waals surface area contributed by atoms with E-state index in [9.17, 15) is 87.4 Å². The van der Waals surface area contributed by atoms with Crippen LogP contribution < -0.4 is 0 Å². The maximum absolute atomic E-state index is 12.8. The van der Waals surface area contributed by atoms with Crippen LogP contribution in [0.25, 0.3) is 0 Å². The lowest BCUT2D eigenvalue weighted by Gasteiger charge is -2.41. The minimum Gasteiger partial charge on any atom is -0.202 e. The Balaban J connectivity index is 0. The fourth-order valence-corrected chi connectivity index (χ4v) is 1.14. The summed E-state index contributed by atoms with van der Waals surface area (Å²) in [6.07, 6.45) is -15.6. The van der Waals surface area contributed by atoms with E-state index in [1.54, 1.807) is 0 Å². The summed E-state index contributed by atoms with van der Waals surface area (Å²) in [4.78, 5) is 0. The molecule has 31 heavy (non-hydrogen) atoms. The normalized spacial score (nSPS) is 15.6. The molecule has 0 fully saturated rings. The van der Waals surface area contributed by atoms with Crippen molar-refractivity contribution in [3.63, 3.8) is 0 Å². The van der Waals surface area contributed by atoms with Crippen LogP contribution in [-0.2, 0) is 13.5 Å². The third kappa shape index (κ3) is 5.31. The van der Waals surface area contributed by atoms with Gasteiger partial charge in [0.15, 0.2) is 0 Å². The second-order valence-electron chi connectivity index (χ2n) is 4.73. The van der Waals surface area contributed by atoms with Crippen LogP contribution in [0.2, 0.25) is 0 Å². The predicted octanol–water partition coefficient (Wildman–Crippen LogP) is 5.80. The molecule has 0 spiro atoms. The first-order valence-corrected chi connectivity index (χ1v) is 7.83. The van der Waals surface area contributed by atoms with Crippen LogP contribution in [0.1, 0.15) is 0 Å². The second-order valence-corrected chi connectivity index (χ2v) is 6.50. The molecule has 3 nitrogen and oxygen atoms in total. The highest BCUT2D eigenvalue weighted by Gasteiger charge is 2.95. The Bertz CT molecular complexity index is 635. The molecule has 0 radical (unpaired) electrons. The average Bonchev–Trinajstić information content (AvgIpc) is 2.52. The zero-order valence-corrected chi connectivity index (χ0v) is 15.9. The Hall–Kier alpha value is -0.620. The molecule has 0 N–H and O–H groups in total. The smallest absolute Gasteiger partial charge is 0.202 e. The van der Waals surface area contributed by atoms with Crippen molar-refractivity contribution in [2.45, 2.75) is 47.9 Å². The SMILES string of the molecule is FC(F)(F)C(F)(F)C(F)(F)C(F)(F)C(F)(F)C(F)(F)C(F)(F)C(F)(F)F.O=[SH](=O)OI. The molecular formula is C8HF18IO3S. The summed E-state index contributed by atoms with van der Waals surface area (Å²) in [5.74, 6) is -51.0. The summed E-state index contributed by atoms with van der Waals surface area (Å²) >= 11 is 1.28. The van der Waals surface area contributed by atoms with Crippen LogP contribution in [0.4, 0.5) is 79.0 Å². The predicted molar refractivity (Wildman–Crippen MR) is 67.2 cm³/mol. The van der Waals surface area contributed by atoms with E-state index >= 15 is 0 Å². The molecule has 0 aliphatic rings. The summed E-state index contributed by atoms with van der Waals surface area (Å²) in [7, 11) is -2.61. The van der Waals surface area contributed by atoms with Gasteiger partial charge in [-0.3, -0.25) is 0 Å². The number of thiol groups is 1. The minimum atomic E-state index is -8.72. The Kier molecular flexibility index (Phi) is 9.41. The van der Waals surface area contributed by atoms with Crippen LogP contribution in [-0.4, -0.2) is 56.3 Å². The van der Waals surface area contributed by atoms with E-state index in [1.807, 2.05) is 0 Å². The van der Waals surface area contributed by atoms with Gasteiger partial charge in [-0.1, -0.05) is 0 Å². The lowest BCUT2D eigenvalue weighted by molar-refractivity contribution is -0.468. The van der Waals surface area contributed by atoms with Gasteiger partial charge in [-0.05, 0) is 0 Å². The first-order chi connectivity index (χ1) is 13.0. The molecule has 0 rings (SSSR count). The van der Waals surface area contributed by atoms with E-state index < -0.39 is 58.9 Å². The number of rotatable bonds is 6. The van der Waals surface area contributed by atoms with E-state index in [0.29, 0.717) is 0 Å². The monoisotopic (exact) mass is 646 g/mol. The van der Waals surface area contributed by atoms with Crippen molar-refractivity contribution in [2.75, 3.05) is 0 Å². The number of hydrogen-bond donors (Lipinski definition) is 1. The zero-order valence-electron chi connectivity index (χ0n) is 12.9. The van der Waals surface area contributed by atoms with Crippen LogP contribution in [0, 0.1) is 0 Å². The number of alkyl halides is 18. The summed E-state index contributed by atoms with van der Waals surface area (Å²) in [5.41, 5.74) is 0. The number of halogens is 19. The molecule has 190 valence electrons. The number of hydrogen-bond acceptors (Lipinski definition) is 3. The van der Waals surface area contributed by atoms with Gasteiger partial charge in [-0.15, -0.1) is 0 Å². The maximum atomic E-state index is 12.8. The van der Waals surface area contributed by atoms with Crippen molar-refractivity contribution in [2.24, 2.45) is 0 Å². The van der Waals surface area contributed by atoms with Gasteiger partial charge in [0, 0.05) is 0 Å². The Morgan fingerprint density at radius 3 is 0.645 bits per heavy atom. The fourth-order valence-electron chi connectivity index (χ4n) is 1.14. The highest BCUT2D eigenvalue weighted by atomic mass is 127. The van der Waals surface area contributed by atoms with Crippen molar-refractivity contribution in [1.82, 2.24) is 0 Å². The largest absolute Gasteiger partial charge is 0.460 e. The standard InChI is InChI=1S/C8F18.HIO3S/c9-1(10,3(13,14)5(17,18)7(21,22)23)2(11,12)4(15,16)6(19,20)8(24,25)26;1-4-5(2)3/h;5H. The molecule has 0 heterocycles. The van der Waals surface area contributed by atoms with Crippen LogP contribution in [0.3, 0.4) is 0 Å². The second kappa shape index (κ2) is 8.96. The molecular weight excluding hydrogens is 645 g/mol. The lowest BCUT2D eigenvalue weighted by atomic mass is 9.91.